The quantitative estimate of drug-likeness (QED) is 0.771. The largest absolute Gasteiger partial charge is 0.496 e. The van der Waals surface area contributed by atoms with Crippen LogP contribution >= 0.6 is 0 Å². The topological polar surface area (TPSA) is 55.5 Å². The average Bonchev–Trinajstić information content (AvgIpc) is 2.15. The fourth-order valence-electron chi connectivity index (χ4n) is 2.07. The molecular weight excluding hydrogens is 197 g/mol. The minimum absolute atomic E-state index is 0.0111. The predicted molar refractivity (Wildman–Crippen MR) is 54.1 cm³/mol. The SMILES string of the molecule is COc1ccc(F)cc1C1(O)CC(N)C1. The molecule has 1 aliphatic rings. The predicted octanol–water partition coefficient (Wildman–Crippen LogP) is 1.14. The number of rotatable bonds is 2. The van der Waals surface area contributed by atoms with Crippen molar-refractivity contribution in [3.63, 3.8) is 0 Å². The van der Waals surface area contributed by atoms with E-state index in [0.29, 0.717) is 24.2 Å². The Labute approximate surface area is 87.7 Å². The Kier molecular flexibility index (Phi) is 2.40. The number of ether oxygens (including phenoxy) is 1. The van der Waals surface area contributed by atoms with Crippen molar-refractivity contribution in [2.75, 3.05) is 7.11 Å². The van der Waals surface area contributed by atoms with Crippen LogP contribution in [0.3, 0.4) is 0 Å². The van der Waals surface area contributed by atoms with Gasteiger partial charge in [-0.25, -0.2) is 4.39 Å². The number of hydrogen-bond donors (Lipinski definition) is 2. The van der Waals surface area contributed by atoms with Crippen LogP contribution in [0.5, 0.6) is 5.75 Å². The summed E-state index contributed by atoms with van der Waals surface area (Å²) in [6.07, 6.45) is 0.902. The van der Waals surface area contributed by atoms with Crippen LogP contribution in [-0.2, 0) is 5.60 Å². The Hall–Kier alpha value is -1.13. The number of methoxy groups -OCH3 is 1. The Balaban J connectivity index is 2.38. The van der Waals surface area contributed by atoms with Crippen molar-refractivity contribution in [2.24, 2.45) is 5.73 Å². The van der Waals surface area contributed by atoms with Crippen molar-refractivity contribution in [1.82, 2.24) is 0 Å². The number of halogens is 1. The van der Waals surface area contributed by atoms with Gasteiger partial charge in [-0.2, -0.15) is 0 Å². The Morgan fingerprint density at radius 3 is 2.73 bits per heavy atom. The van der Waals surface area contributed by atoms with E-state index in [-0.39, 0.29) is 11.9 Å². The van der Waals surface area contributed by atoms with Crippen LogP contribution in [0.15, 0.2) is 18.2 Å². The summed E-state index contributed by atoms with van der Waals surface area (Å²) in [5, 5.41) is 10.2. The molecule has 0 spiro atoms. The van der Waals surface area contributed by atoms with E-state index in [1.807, 2.05) is 0 Å². The van der Waals surface area contributed by atoms with Crippen LogP contribution in [0, 0.1) is 5.82 Å². The smallest absolute Gasteiger partial charge is 0.125 e. The molecule has 1 aromatic carbocycles. The fourth-order valence-corrected chi connectivity index (χ4v) is 2.07. The van der Waals surface area contributed by atoms with Crippen LogP contribution in [0.4, 0.5) is 4.39 Å². The molecule has 0 saturated heterocycles. The van der Waals surface area contributed by atoms with Gasteiger partial charge in [-0.15, -0.1) is 0 Å². The lowest BCUT2D eigenvalue weighted by Gasteiger charge is -2.42. The van der Waals surface area contributed by atoms with Gasteiger partial charge in [-0.3, -0.25) is 0 Å². The van der Waals surface area contributed by atoms with Crippen molar-refractivity contribution in [3.8, 4) is 5.75 Å². The number of hydrogen-bond acceptors (Lipinski definition) is 3. The van der Waals surface area contributed by atoms with E-state index >= 15 is 0 Å². The van der Waals surface area contributed by atoms with E-state index < -0.39 is 5.60 Å². The summed E-state index contributed by atoms with van der Waals surface area (Å²) in [4.78, 5) is 0. The lowest BCUT2D eigenvalue weighted by atomic mass is 9.71. The van der Waals surface area contributed by atoms with Crippen LogP contribution in [0.25, 0.3) is 0 Å². The average molecular weight is 211 g/mol. The molecule has 82 valence electrons. The maximum absolute atomic E-state index is 13.1. The van der Waals surface area contributed by atoms with Crippen molar-refractivity contribution < 1.29 is 14.2 Å². The summed E-state index contributed by atoms with van der Waals surface area (Å²) in [5.74, 6) is 0.130. The van der Waals surface area contributed by atoms with Gasteiger partial charge in [0.1, 0.15) is 11.6 Å². The molecule has 0 unspecified atom stereocenters. The van der Waals surface area contributed by atoms with Gasteiger partial charge in [0.15, 0.2) is 0 Å². The minimum Gasteiger partial charge on any atom is -0.496 e. The number of benzene rings is 1. The lowest BCUT2D eigenvalue weighted by molar-refractivity contribution is -0.0540. The third-order valence-corrected chi connectivity index (χ3v) is 2.86. The zero-order valence-electron chi connectivity index (χ0n) is 8.53. The monoisotopic (exact) mass is 211 g/mol. The second kappa shape index (κ2) is 3.47. The molecule has 0 aliphatic heterocycles. The zero-order chi connectivity index (χ0) is 11.1. The molecule has 1 aliphatic carbocycles. The number of nitrogens with two attached hydrogens (primary N) is 1. The summed E-state index contributed by atoms with van der Waals surface area (Å²) in [6, 6.07) is 4.13. The normalized spacial score (nSPS) is 29.7. The lowest BCUT2D eigenvalue weighted by Crippen LogP contribution is -2.49. The molecule has 1 fully saturated rings. The molecule has 1 aromatic rings. The van der Waals surface area contributed by atoms with Crippen LogP contribution in [-0.4, -0.2) is 18.3 Å². The van der Waals surface area contributed by atoms with Gasteiger partial charge in [0.25, 0.3) is 0 Å². The first kappa shape index (κ1) is 10.4. The Bertz CT molecular complexity index is 375. The van der Waals surface area contributed by atoms with Crippen molar-refractivity contribution in [1.29, 1.82) is 0 Å². The third-order valence-electron chi connectivity index (χ3n) is 2.86. The molecule has 3 nitrogen and oxygen atoms in total. The highest BCUT2D eigenvalue weighted by Gasteiger charge is 2.44. The molecule has 15 heavy (non-hydrogen) atoms. The highest BCUT2D eigenvalue weighted by molar-refractivity contribution is 5.40. The highest BCUT2D eigenvalue weighted by atomic mass is 19.1. The summed E-state index contributed by atoms with van der Waals surface area (Å²) >= 11 is 0. The summed E-state index contributed by atoms with van der Waals surface area (Å²) in [6.45, 7) is 0. The van der Waals surface area contributed by atoms with Crippen LogP contribution in [0.1, 0.15) is 18.4 Å². The van der Waals surface area contributed by atoms with E-state index in [2.05, 4.69) is 0 Å². The van der Waals surface area contributed by atoms with E-state index in [1.54, 1.807) is 0 Å². The molecule has 0 heterocycles. The van der Waals surface area contributed by atoms with E-state index in [9.17, 15) is 9.50 Å². The van der Waals surface area contributed by atoms with Crippen LogP contribution in [0.2, 0.25) is 0 Å². The molecule has 0 bridgehead atoms. The van der Waals surface area contributed by atoms with Crippen molar-refractivity contribution >= 4 is 0 Å². The van der Waals surface area contributed by atoms with Crippen molar-refractivity contribution in [2.45, 2.75) is 24.5 Å². The maximum Gasteiger partial charge on any atom is 0.125 e. The standard InChI is InChI=1S/C11H14FNO2/c1-15-10-3-2-7(12)4-9(10)11(14)5-8(13)6-11/h2-4,8,14H,5-6,13H2,1H3. The van der Waals surface area contributed by atoms with Gasteiger partial charge in [0.2, 0.25) is 0 Å². The highest BCUT2D eigenvalue weighted by Crippen LogP contribution is 2.44. The second-order valence-electron chi connectivity index (χ2n) is 4.04. The molecule has 0 amide bonds. The summed E-state index contributed by atoms with van der Waals surface area (Å²) in [5.41, 5.74) is 5.10. The molecule has 0 aromatic heterocycles. The van der Waals surface area contributed by atoms with Gasteiger partial charge >= 0.3 is 0 Å². The van der Waals surface area contributed by atoms with Gasteiger partial charge in [-0.1, -0.05) is 0 Å². The molecule has 2 rings (SSSR count). The van der Waals surface area contributed by atoms with Gasteiger partial charge in [0, 0.05) is 11.6 Å². The first-order chi connectivity index (χ1) is 7.05. The summed E-state index contributed by atoms with van der Waals surface area (Å²) in [7, 11) is 1.50. The Morgan fingerprint density at radius 2 is 2.20 bits per heavy atom. The fraction of sp³-hybridized carbons (Fsp3) is 0.455. The van der Waals surface area contributed by atoms with E-state index in [1.165, 1.54) is 25.3 Å². The number of aliphatic hydroxyl groups is 1. The minimum atomic E-state index is -1.02. The second-order valence-corrected chi connectivity index (χ2v) is 4.04. The third kappa shape index (κ3) is 1.70. The molecular formula is C11H14FNO2. The van der Waals surface area contributed by atoms with Gasteiger partial charge in [-0.05, 0) is 31.0 Å². The molecule has 4 heteroatoms. The molecule has 1 saturated carbocycles. The first-order valence-electron chi connectivity index (χ1n) is 4.87. The zero-order valence-corrected chi connectivity index (χ0v) is 8.53. The molecule has 0 atom stereocenters. The van der Waals surface area contributed by atoms with Crippen LogP contribution < -0.4 is 10.5 Å². The van der Waals surface area contributed by atoms with E-state index in [0.717, 1.165) is 0 Å². The van der Waals surface area contributed by atoms with E-state index in [4.69, 9.17) is 10.5 Å². The van der Waals surface area contributed by atoms with Gasteiger partial charge < -0.3 is 15.6 Å². The first-order valence-corrected chi connectivity index (χ1v) is 4.87. The molecule has 3 N–H and O–H groups in total. The molecule has 0 radical (unpaired) electrons. The Morgan fingerprint density at radius 1 is 1.53 bits per heavy atom. The van der Waals surface area contributed by atoms with Crippen molar-refractivity contribution in [3.05, 3.63) is 29.6 Å². The van der Waals surface area contributed by atoms with Gasteiger partial charge in [0.05, 0.1) is 12.7 Å². The summed E-state index contributed by atoms with van der Waals surface area (Å²) < 4.78 is 18.2. The maximum atomic E-state index is 13.1.